The van der Waals surface area contributed by atoms with Crippen molar-refractivity contribution in [2.75, 3.05) is 24.6 Å². The first-order chi connectivity index (χ1) is 9.98. The molecule has 0 spiro atoms. The van der Waals surface area contributed by atoms with Gasteiger partial charge in [0.2, 0.25) is 0 Å². The molecule has 0 aliphatic carbocycles. The Labute approximate surface area is 132 Å². The zero-order valence-electron chi connectivity index (χ0n) is 12.3. The highest BCUT2D eigenvalue weighted by Gasteiger charge is 2.28. The summed E-state index contributed by atoms with van der Waals surface area (Å²) in [5, 5.41) is 0.885. The molecule has 1 saturated heterocycles. The van der Waals surface area contributed by atoms with E-state index in [1.807, 2.05) is 28.8 Å². The number of thioether (sulfide) groups is 1. The largest absolute Gasteiger partial charge is 0.397 e. The molecule has 1 aliphatic rings. The summed E-state index contributed by atoms with van der Waals surface area (Å²) in [6.07, 6.45) is 2.74. The summed E-state index contributed by atoms with van der Waals surface area (Å²) in [4.78, 5) is 20.5. The van der Waals surface area contributed by atoms with Crippen molar-refractivity contribution in [3.63, 3.8) is 0 Å². The third kappa shape index (κ3) is 2.87. The summed E-state index contributed by atoms with van der Waals surface area (Å²) < 4.78 is 0.238. The molecule has 0 atom stereocenters. The molecule has 0 unspecified atom stereocenters. The fourth-order valence-electron chi connectivity index (χ4n) is 2.48. The van der Waals surface area contributed by atoms with Gasteiger partial charge in [0.05, 0.1) is 5.69 Å². The lowest BCUT2D eigenvalue weighted by Crippen LogP contribution is -2.33. The van der Waals surface area contributed by atoms with Gasteiger partial charge >= 0.3 is 0 Å². The van der Waals surface area contributed by atoms with Crippen LogP contribution >= 0.6 is 23.1 Å². The van der Waals surface area contributed by atoms with Gasteiger partial charge in [-0.15, -0.1) is 11.3 Å². The van der Waals surface area contributed by atoms with E-state index in [4.69, 9.17) is 5.73 Å². The normalized spacial score (nSPS) is 18.7. The molecule has 3 rings (SSSR count). The second-order valence-electron chi connectivity index (χ2n) is 5.85. The van der Waals surface area contributed by atoms with Crippen LogP contribution in [0, 0.1) is 0 Å². The number of amides is 1. The maximum Gasteiger partial charge on any atom is 0.266 e. The van der Waals surface area contributed by atoms with Crippen LogP contribution in [0.15, 0.2) is 18.3 Å². The number of anilines is 1. The Balaban J connectivity index is 1.88. The summed E-state index contributed by atoms with van der Waals surface area (Å²) in [5.74, 6) is 1.02. The molecule has 0 bridgehead atoms. The highest BCUT2D eigenvalue weighted by molar-refractivity contribution is 8.00. The second kappa shape index (κ2) is 5.50. The number of carbonyl (C=O) groups is 1. The monoisotopic (exact) mass is 321 g/mol. The third-order valence-corrected chi connectivity index (χ3v) is 6.31. The minimum Gasteiger partial charge on any atom is -0.397 e. The molecular weight excluding hydrogens is 302 g/mol. The molecule has 112 valence electrons. The van der Waals surface area contributed by atoms with Crippen LogP contribution in [-0.2, 0) is 0 Å². The second-order valence-corrected chi connectivity index (χ2v) is 8.65. The number of fused-ring (bicyclic) bond motifs is 1. The maximum atomic E-state index is 12.8. The Kier molecular flexibility index (Phi) is 3.84. The van der Waals surface area contributed by atoms with E-state index in [9.17, 15) is 4.79 Å². The standard InChI is InChI=1S/C15H19N3OS2/c1-15(2)5-7-18(8-9-20-15)14(19)12-11(16)10-4-3-6-17-13(10)21-12/h3-4,6H,5,7-9,16H2,1-2H3. The number of hydrogen-bond donors (Lipinski definition) is 1. The van der Waals surface area contributed by atoms with Gasteiger partial charge in [-0.05, 0) is 18.6 Å². The van der Waals surface area contributed by atoms with Crippen LogP contribution in [-0.4, -0.2) is 39.4 Å². The minimum atomic E-state index is 0.0498. The molecule has 2 aromatic heterocycles. The zero-order chi connectivity index (χ0) is 15.0. The topological polar surface area (TPSA) is 59.2 Å². The summed E-state index contributed by atoms with van der Waals surface area (Å²) in [7, 11) is 0. The Morgan fingerprint density at radius 1 is 1.43 bits per heavy atom. The van der Waals surface area contributed by atoms with Crippen molar-refractivity contribution < 1.29 is 4.79 Å². The van der Waals surface area contributed by atoms with E-state index in [1.165, 1.54) is 11.3 Å². The van der Waals surface area contributed by atoms with Gasteiger partial charge in [-0.2, -0.15) is 11.8 Å². The van der Waals surface area contributed by atoms with E-state index in [0.29, 0.717) is 10.6 Å². The number of nitrogens with two attached hydrogens (primary N) is 1. The van der Waals surface area contributed by atoms with Crippen LogP contribution in [0.1, 0.15) is 29.9 Å². The first kappa shape index (κ1) is 14.7. The highest BCUT2D eigenvalue weighted by Crippen LogP contribution is 2.35. The lowest BCUT2D eigenvalue weighted by Gasteiger charge is -2.22. The average molecular weight is 321 g/mol. The number of carbonyl (C=O) groups excluding carboxylic acids is 1. The van der Waals surface area contributed by atoms with E-state index in [-0.39, 0.29) is 10.7 Å². The van der Waals surface area contributed by atoms with Gasteiger partial charge in [-0.25, -0.2) is 4.98 Å². The Bertz CT molecular complexity index is 681. The summed E-state index contributed by atoms with van der Waals surface area (Å²) in [6, 6.07) is 3.77. The van der Waals surface area contributed by atoms with E-state index in [0.717, 1.165) is 35.5 Å². The van der Waals surface area contributed by atoms with Crippen LogP contribution in [0.25, 0.3) is 10.2 Å². The van der Waals surface area contributed by atoms with Crippen molar-refractivity contribution in [2.24, 2.45) is 0 Å². The van der Waals surface area contributed by atoms with E-state index >= 15 is 0 Å². The van der Waals surface area contributed by atoms with Gasteiger partial charge in [-0.3, -0.25) is 4.79 Å². The molecule has 6 heteroatoms. The van der Waals surface area contributed by atoms with Crippen molar-refractivity contribution in [1.82, 2.24) is 9.88 Å². The fourth-order valence-corrected chi connectivity index (χ4v) is 4.61. The molecule has 21 heavy (non-hydrogen) atoms. The summed E-state index contributed by atoms with van der Waals surface area (Å²) >= 11 is 3.33. The molecule has 0 radical (unpaired) electrons. The van der Waals surface area contributed by atoms with Crippen LogP contribution in [0.2, 0.25) is 0 Å². The van der Waals surface area contributed by atoms with Crippen LogP contribution in [0.5, 0.6) is 0 Å². The van der Waals surface area contributed by atoms with Crippen LogP contribution in [0.3, 0.4) is 0 Å². The molecule has 1 aliphatic heterocycles. The SMILES string of the molecule is CC1(C)CCN(C(=O)c2sc3ncccc3c2N)CCS1. The number of rotatable bonds is 1. The van der Waals surface area contributed by atoms with E-state index < -0.39 is 0 Å². The summed E-state index contributed by atoms with van der Waals surface area (Å²) in [5.41, 5.74) is 6.73. The lowest BCUT2D eigenvalue weighted by atomic mass is 10.1. The Morgan fingerprint density at radius 3 is 3.00 bits per heavy atom. The molecule has 1 fully saturated rings. The predicted molar refractivity (Wildman–Crippen MR) is 91.1 cm³/mol. The molecule has 2 N–H and O–H groups in total. The molecule has 1 amide bonds. The number of nitrogens with zero attached hydrogens (tertiary/aromatic N) is 2. The number of nitrogen functional groups attached to an aromatic ring is 1. The predicted octanol–water partition coefficient (Wildman–Crippen LogP) is 3.24. The zero-order valence-corrected chi connectivity index (χ0v) is 13.9. The number of aromatic nitrogens is 1. The van der Waals surface area contributed by atoms with Crippen molar-refractivity contribution >= 4 is 44.9 Å². The Morgan fingerprint density at radius 2 is 2.24 bits per heavy atom. The number of pyridine rings is 1. The van der Waals surface area contributed by atoms with Gasteiger partial charge in [0.25, 0.3) is 5.91 Å². The first-order valence-corrected chi connectivity index (χ1v) is 8.84. The van der Waals surface area contributed by atoms with Gasteiger partial charge in [0, 0.05) is 35.2 Å². The maximum absolute atomic E-state index is 12.8. The molecule has 0 aromatic carbocycles. The fraction of sp³-hybridized carbons (Fsp3) is 0.467. The quantitative estimate of drug-likeness (QED) is 0.876. The smallest absolute Gasteiger partial charge is 0.266 e. The highest BCUT2D eigenvalue weighted by atomic mass is 32.2. The lowest BCUT2D eigenvalue weighted by molar-refractivity contribution is 0.0770. The van der Waals surface area contributed by atoms with Gasteiger partial charge < -0.3 is 10.6 Å². The van der Waals surface area contributed by atoms with Crippen molar-refractivity contribution in [1.29, 1.82) is 0 Å². The van der Waals surface area contributed by atoms with Crippen LogP contribution < -0.4 is 5.73 Å². The van der Waals surface area contributed by atoms with E-state index in [1.54, 1.807) is 6.20 Å². The first-order valence-electron chi connectivity index (χ1n) is 7.04. The molecular formula is C15H19N3OS2. The number of thiophene rings is 1. The molecule has 0 saturated carbocycles. The van der Waals surface area contributed by atoms with Crippen molar-refractivity contribution in [3.05, 3.63) is 23.2 Å². The molecule has 3 heterocycles. The van der Waals surface area contributed by atoms with Gasteiger partial charge in [-0.1, -0.05) is 13.8 Å². The Hall–Kier alpha value is -1.27. The summed E-state index contributed by atoms with van der Waals surface area (Å²) in [6.45, 7) is 6.06. The van der Waals surface area contributed by atoms with Gasteiger partial charge in [0.1, 0.15) is 9.71 Å². The van der Waals surface area contributed by atoms with Crippen molar-refractivity contribution in [2.45, 2.75) is 25.0 Å². The van der Waals surface area contributed by atoms with E-state index in [2.05, 4.69) is 18.8 Å². The number of hydrogen-bond acceptors (Lipinski definition) is 5. The van der Waals surface area contributed by atoms with Crippen molar-refractivity contribution in [3.8, 4) is 0 Å². The molecule has 4 nitrogen and oxygen atoms in total. The third-order valence-electron chi connectivity index (χ3n) is 3.82. The van der Waals surface area contributed by atoms with Gasteiger partial charge in [0.15, 0.2) is 0 Å². The van der Waals surface area contributed by atoms with Crippen LogP contribution in [0.4, 0.5) is 5.69 Å². The molecule has 2 aromatic rings. The minimum absolute atomic E-state index is 0.0498. The average Bonchev–Trinajstić information content (AvgIpc) is 2.67.